The molecule has 0 spiro atoms. The van der Waals surface area contributed by atoms with Crippen molar-refractivity contribution < 1.29 is 14.3 Å². The third-order valence-corrected chi connectivity index (χ3v) is 5.23. The van der Waals surface area contributed by atoms with E-state index in [0.29, 0.717) is 19.4 Å². The quantitative estimate of drug-likeness (QED) is 0.402. The number of ether oxygens (including phenoxy) is 1. The number of imidazole rings is 1. The van der Waals surface area contributed by atoms with Gasteiger partial charge in [-0.1, -0.05) is 42.0 Å². The van der Waals surface area contributed by atoms with Crippen molar-refractivity contribution in [1.82, 2.24) is 14.5 Å². The Morgan fingerprint density at radius 1 is 0.968 bits per heavy atom. The van der Waals surface area contributed by atoms with Gasteiger partial charge in [0.1, 0.15) is 6.61 Å². The lowest BCUT2D eigenvalue weighted by Gasteiger charge is -2.08. The number of benzene rings is 2. The Hall–Kier alpha value is -3.35. The fourth-order valence-electron chi connectivity index (χ4n) is 3.53. The van der Waals surface area contributed by atoms with Crippen LogP contribution in [0.15, 0.2) is 53.3 Å². The molecule has 0 atom stereocenters. The first-order valence-corrected chi connectivity index (χ1v) is 10.7. The van der Waals surface area contributed by atoms with E-state index in [1.54, 1.807) is 9.13 Å². The highest BCUT2D eigenvalue weighted by Crippen LogP contribution is 2.13. The van der Waals surface area contributed by atoms with Crippen molar-refractivity contribution in [1.29, 1.82) is 0 Å². The molecule has 1 amide bonds. The minimum absolute atomic E-state index is 0.0736. The number of nitrogens with zero attached hydrogens (tertiary/aromatic N) is 2. The second-order valence-corrected chi connectivity index (χ2v) is 7.47. The van der Waals surface area contributed by atoms with Gasteiger partial charge in [0.2, 0.25) is 5.91 Å². The number of carbonyl (C=O) groups is 2. The molecular formula is C24H29N3O4. The van der Waals surface area contributed by atoms with Crippen molar-refractivity contribution in [3.8, 4) is 0 Å². The summed E-state index contributed by atoms with van der Waals surface area (Å²) in [5.74, 6) is -0.468. The van der Waals surface area contributed by atoms with Crippen LogP contribution in [0.3, 0.4) is 0 Å². The van der Waals surface area contributed by atoms with E-state index in [2.05, 4.69) is 5.32 Å². The summed E-state index contributed by atoms with van der Waals surface area (Å²) in [6.45, 7) is 5.16. The Balaban J connectivity index is 1.39. The Morgan fingerprint density at radius 2 is 1.65 bits per heavy atom. The average molecular weight is 424 g/mol. The van der Waals surface area contributed by atoms with E-state index in [9.17, 15) is 14.4 Å². The predicted molar refractivity (Wildman–Crippen MR) is 120 cm³/mol. The first-order valence-electron chi connectivity index (χ1n) is 10.7. The summed E-state index contributed by atoms with van der Waals surface area (Å²) in [5, 5.41) is 2.76. The molecule has 1 aromatic heterocycles. The molecule has 7 heteroatoms. The third-order valence-electron chi connectivity index (χ3n) is 5.23. The summed E-state index contributed by atoms with van der Waals surface area (Å²) in [4.78, 5) is 36.6. The fraction of sp³-hybridized carbons (Fsp3) is 0.375. The second kappa shape index (κ2) is 10.6. The number of esters is 1. The lowest BCUT2D eigenvalue weighted by atomic mass is 10.1. The SMILES string of the molecule is CCn1c(=O)n(CCC(=O)OCCNC(=O)CCc2ccc(C)cc2)c2ccccc21. The van der Waals surface area contributed by atoms with Crippen LogP contribution in [0.25, 0.3) is 11.0 Å². The molecule has 3 rings (SSSR count). The molecule has 164 valence electrons. The van der Waals surface area contributed by atoms with E-state index in [4.69, 9.17) is 4.74 Å². The number of amides is 1. The first kappa shape index (κ1) is 22.3. The van der Waals surface area contributed by atoms with Crippen LogP contribution in [0.5, 0.6) is 0 Å². The first-order chi connectivity index (χ1) is 15.0. The highest BCUT2D eigenvalue weighted by Gasteiger charge is 2.13. The Labute approximate surface area is 181 Å². The van der Waals surface area contributed by atoms with Crippen LogP contribution in [0.2, 0.25) is 0 Å². The molecule has 0 unspecified atom stereocenters. The van der Waals surface area contributed by atoms with E-state index < -0.39 is 5.97 Å². The predicted octanol–water partition coefficient (Wildman–Crippen LogP) is 2.81. The van der Waals surface area contributed by atoms with E-state index in [-0.39, 0.29) is 37.7 Å². The van der Waals surface area contributed by atoms with Crippen LogP contribution in [-0.2, 0) is 33.8 Å². The van der Waals surface area contributed by atoms with E-state index >= 15 is 0 Å². The molecule has 1 heterocycles. The molecule has 0 saturated carbocycles. The van der Waals surface area contributed by atoms with Crippen molar-refractivity contribution in [3.63, 3.8) is 0 Å². The fourth-order valence-corrected chi connectivity index (χ4v) is 3.53. The average Bonchev–Trinajstić information content (AvgIpc) is 3.05. The van der Waals surface area contributed by atoms with Gasteiger partial charge in [-0.25, -0.2) is 4.79 Å². The van der Waals surface area contributed by atoms with Crippen molar-refractivity contribution in [2.24, 2.45) is 0 Å². The minimum Gasteiger partial charge on any atom is -0.464 e. The van der Waals surface area contributed by atoms with Gasteiger partial charge in [-0.2, -0.15) is 0 Å². The maximum absolute atomic E-state index is 12.6. The van der Waals surface area contributed by atoms with Gasteiger partial charge >= 0.3 is 11.7 Å². The minimum atomic E-state index is -0.394. The van der Waals surface area contributed by atoms with E-state index in [1.807, 2.05) is 62.4 Å². The summed E-state index contributed by atoms with van der Waals surface area (Å²) in [5.41, 5.74) is 3.85. The summed E-state index contributed by atoms with van der Waals surface area (Å²) < 4.78 is 8.49. The van der Waals surface area contributed by atoms with E-state index in [0.717, 1.165) is 16.6 Å². The van der Waals surface area contributed by atoms with E-state index in [1.165, 1.54) is 5.56 Å². The molecule has 0 aliphatic carbocycles. The number of nitrogens with one attached hydrogen (secondary N) is 1. The molecule has 0 aliphatic rings. The maximum atomic E-state index is 12.6. The number of fused-ring (bicyclic) bond motifs is 1. The molecule has 1 N–H and O–H groups in total. The Bertz CT molecular complexity index is 1100. The molecule has 7 nitrogen and oxygen atoms in total. The smallest absolute Gasteiger partial charge is 0.329 e. The standard InChI is InChI=1S/C24H29N3O4/c1-3-26-20-6-4-5-7-21(20)27(24(26)30)16-14-23(29)31-17-15-25-22(28)13-12-19-10-8-18(2)9-11-19/h4-11H,3,12-17H2,1-2H3,(H,25,28). The zero-order valence-corrected chi connectivity index (χ0v) is 18.1. The number of carbonyl (C=O) groups excluding carboxylic acids is 2. The summed E-state index contributed by atoms with van der Waals surface area (Å²) in [6.07, 6.45) is 1.16. The monoisotopic (exact) mass is 423 g/mol. The third kappa shape index (κ3) is 5.84. The summed E-state index contributed by atoms with van der Waals surface area (Å²) in [6, 6.07) is 15.6. The molecule has 0 aliphatic heterocycles. The molecular weight excluding hydrogens is 394 g/mol. The Morgan fingerprint density at radius 3 is 2.32 bits per heavy atom. The molecule has 0 radical (unpaired) electrons. The van der Waals surface area contributed by atoms with Gasteiger partial charge in [-0.15, -0.1) is 0 Å². The maximum Gasteiger partial charge on any atom is 0.329 e. The van der Waals surface area contributed by atoms with Gasteiger partial charge in [0.25, 0.3) is 0 Å². The molecule has 0 bridgehead atoms. The number of aromatic nitrogens is 2. The highest BCUT2D eigenvalue weighted by molar-refractivity contribution is 5.77. The van der Waals surface area contributed by atoms with Crippen molar-refractivity contribution in [3.05, 3.63) is 70.1 Å². The van der Waals surface area contributed by atoms with Gasteiger partial charge in [0, 0.05) is 19.5 Å². The summed E-state index contributed by atoms with van der Waals surface area (Å²) >= 11 is 0. The van der Waals surface area contributed by atoms with Gasteiger partial charge in [0.05, 0.1) is 24.0 Å². The largest absolute Gasteiger partial charge is 0.464 e. The summed E-state index contributed by atoms with van der Waals surface area (Å²) in [7, 11) is 0. The molecule has 0 saturated heterocycles. The van der Waals surface area contributed by atoms with Gasteiger partial charge in [-0.3, -0.25) is 18.7 Å². The van der Waals surface area contributed by atoms with Crippen LogP contribution < -0.4 is 11.0 Å². The van der Waals surface area contributed by atoms with Crippen LogP contribution in [-0.4, -0.2) is 34.2 Å². The lowest BCUT2D eigenvalue weighted by molar-refractivity contribution is -0.144. The van der Waals surface area contributed by atoms with Crippen molar-refractivity contribution >= 4 is 22.9 Å². The number of para-hydroxylation sites is 2. The van der Waals surface area contributed by atoms with Crippen LogP contribution >= 0.6 is 0 Å². The number of rotatable bonds is 10. The van der Waals surface area contributed by atoms with Crippen LogP contribution in [0, 0.1) is 6.92 Å². The van der Waals surface area contributed by atoms with Crippen LogP contribution in [0.1, 0.15) is 30.9 Å². The second-order valence-electron chi connectivity index (χ2n) is 7.47. The molecule has 2 aromatic carbocycles. The number of hydrogen-bond donors (Lipinski definition) is 1. The zero-order valence-electron chi connectivity index (χ0n) is 18.1. The topological polar surface area (TPSA) is 82.3 Å². The van der Waals surface area contributed by atoms with Crippen molar-refractivity contribution in [2.75, 3.05) is 13.2 Å². The highest BCUT2D eigenvalue weighted by atomic mass is 16.5. The van der Waals surface area contributed by atoms with Gasteiger partial charge < -0.3 is 10.1 Å². The molecule has 0 fully saturated rings. The number of aryl methyl sites for hydroxylation is 4. The van der Waals surface area contributed by atoms with Crippen molar-refractivity contribution in [2.45, 2.75) is 46.2 Å². The molecule has 3 aromatic rings. The normalized spacial score (nSPS) is 10.9. The van der Waals surface area contributed by atoms with Crippen LogP contribution in [0.4, 0.5) is 0 Å². The lowest BCUT2D eigenvalue weighted by Crippen LogP contribution is -2.28. The zero-order chi connectivity index (χ0) is 22.2. The Kier molecular flexibility index (Phi) is 7.65. The van der Waals surface area contributed by atoms with Gasteiger partial charge in [-0.05, 0) is 38.0 Å². The van der Waals surface area contributed by atoms with Gasteiger partial charge in [0.15, 0.2) is 0 Å². The number of hydrogen-bond acceptors (Lipinski definition) is 4. The molecule has 31 heavy (non-hydrogen) atoms.